The van der Waals surface area contributed by atoms with Crippen molar-refractivity contribution in [2.75, 3.05) is 18.0 Å². The number of nitrogens with zero attached hydrogens (tertiary/aromatic N) is 3. The van der Waals surface area contributed by atoms with E-state index in [0.717, 1.165) is 0 Å². The van der Waals surface area contributed by atoms with Gasteiger partial charge in [-0.05, 0) is 12.8 Å². The van der Waals surface area contributed by atoms with Crippen molar-refractivity contribution in [1.82, 2.24) is 20.5 Å². The molecule has 6 atom stereocenters. The second-order valence-corrected chi connectivity index (χ2v) is 13.0. The molecule has 3 aliphatic heterocycles. The third-order valence-electron chi connectivity index (χ3n) is 7.28. The second kappa shape index (κ2) is 12.5. The molecule has 4 heterocycles. The number of fused-ring (bicyclic) bond motifs is 1. The molecule has 1 aromatic heterocycles. The highest BCUT2D eigenvalue weighted by atomic mass is 32.2. The Hall–Kier alpha value is -3.37. The maximum absolute atomic E-state index is 12.9. The lowest BCUT2D eigenvalue weighted by Crippen LogP contribution is -2.63. The molecule has 1 aromatic rings. The van der Waals surface area contributed by atoms with E-state index in [9.17, 15) is 34.2 Å². The smallest absolute Gasteiger partial charge is 0.411 e. The van der Waals surface area contributed by atoms with Crippen LogP contribution in [0.1, 0.15) is 52.0 Å². The number of amides is 3. The monoisotopic (exact) mass is 625 g/mol. The summed E-state index contributed by atoms with van der Waals surface area (Å²) in [5.41, 5.74) is 0.177. The molecule has 2 saturated heterocycles. The number of aromatic nitrogens is 1. The van der Waals surface area contributed by atoms with Gasteiger partial charge in [0.05, 0.1) is 18.1 Å². The van der Waals surface area contributed by atoms with Crippen molar-refractivity contribution in [2.45, 2.75) is 71.4 Å². The zero-order valence-corrected chi connectivity index (χ0v) is 25.7. The summed E-state index contributed by atoms with van der Waals surface area (Å²) in [6.07, 6.45) is -3.58. The van der Waals surface area contributed by atoms with Gasteiger partial charge in [-0.1, -0.05) is 20.8 Å². The second-order valence-electron chi connectivity index (χ2n) is 10.9. The molecule has 16 heteroatoms. The number of β-lactam (4-membered cyclic amide) rings is 1. The van der Waals surface area contributed by atoms with Gasteiger partial charge in [-0.3, -0.25) is 14.4 Å². The van der Waals surface area contributed by atoms with Gasteiger partial charge in [0.25, 0.3) is 5.91 Å². The van der Waals surface area contributed by atoms with Crippen molar-refractivity contribution < 1.29 is 43.7 Å². The number of thioether (sulfide) groups is 1. The lowest BCUT2D eigenvalue weighted by atomic mass is 9.79. The van der Waals surface area contributed by atoms with Gasteiger partial charge in [0.1, 0.15) is 17.6 Å². The third-order valence-corrected chi connectivity index (χ3v) is 9.63. The number of thiazole rings is 1. The molecule has 0 radical (unpaired) electrons. The van der Waals surface area contributed by atoms with Crippen molar-refractivity contribution in [3.63, 3.8) is 0 Å². The fourth-order valence-corrected chi connectivity index (χ4v) is 7.54. The maximum atomic E-state index is 12.9. The molecule has 2 fully saturated rings. The van der Waals surface area contributed by atoms with Crippen molar-refractivity contribution in [3.8, 4) is 0 Å². The van der Waals surface area contributed by atoms with Gasteiger partial charge < -0.3 is 40.1 Å². The Balaban J connectivity index is 1.32. The predicted molar refractivity (Wildman–Crippen MR) is 152 cm³/mol. The number of hydrogen-bond acceptors (Lipinski definition) is 12. The van der Waals surface area contributed by atoms with Crippen molar-refractivity contribution in [1.29, 1.82) is 0 Å². The van der Waals surface area contributed by atoms with Crippen LogP contribution < -0.4 is 15.5 Å². The summed E-state index contributed by atoms with van der Waals surface area (Å²) >= 11 is 2.73. The number of carbonyl (C=O) groups excluding carboxylic acids is 4. The Kier molecular flexibility index (Phi) is 9.37. The first-order chi connectivity index (χ1) is 19.7. The number of hydrogen-bond donors (Lipinski definition) is 4. The van der Waals surface area contributed by atoms with Gasteiger partial charge in [-0.25, -0.2) is 14.6 Å². The number of alkyl carbamates (subject to hydrolysis) is 1. The van der Waals surface area contributed by atoms with Gasteiger partial charge in [0, 0.05) is 48.4 Å². The largest absolute Gasteiger partial charge is 0.477 e. The number of carboxylic acids is 1. The zero-order chi connectivity index (χ0) is 31.0. The number of rotatable bonds is 11. The minimum absolute atomic E-state index is 0.00379. The standard InChI is InChI=1S/C26H35N5O9S2/c1-10(2)21(29-26(38)40-14(6)39-13(5)33)28-22(34)16-9-41-25(27-16)30-7-15(8-30)42-20-11(3)18-17(12(4)32)23(35)31(18)19(20)24(36)37/h9-12,14-15,17-18,21,32H,7-8H2,1-6H3,(H,28,34)(H,29,38)(H,36,37)/t11-,12-,14?,17-,18-,21-/m1/s1. The predicted octanol–water partition coefficient (Wildman–Crippen LogP) is 1.57. The first-order valence-electron chi connectivity index (χ1n) is 13.5. The van der Waals surface area contributed by atoms with E-state index in [1.165, 1.54) is 41.8 Å². The van der Waals surface area contributed by atoms with Gasteiger partial charge >= 0.3 is 18.0 Å². The van der Waals surface area contributed by atoms with Crippen LogP contribution in [0.25, 0.3) is 0 Å². The van der Waals surface area contributed by atoms with Crippen LogP contribution in [0.5, 0.6) is 0 Å². The third kappa shape index (κ3) is 6.34. The van der Waals surface area contributed by atoms with Crippen molar-refractivity contribution in [3.05, 3.63) is 21.7 Å². The van der Waals surface area contributed by atoms with Crippen LogP contribution in [0.15, 0.2) is 16.0 Å². The molecule has 0 aliphatic carbocycles. The van der Waals surface area contributed by atoms with Gasteiger partial charge in [0.2, 0.25) is 12.2 Å². The number of aliphatic carboxylic acids is 1. The van der Waals surface area contributed by atoms with E-state index in [4.69, 9.17) is 9.47 Å². The number of esters is 1. The van der Waals surface area contributed by atoms with E-state index in [1.54, 1.807) is 26.2 Å². The lowest BCUT2D eigenvalue weighted by molar-refractivity contribution is -0.163. The summed E-state index contributed by atoms with van der Waals surface area (Å²) in [6, 6.07) is -0.356. The highest BCUT2D eigenvalue weighted by Crippen LogP contribution is 2.52. The molecule has 4 rings (SSSR count). The van der Waals surface area contributed by atoms with Crippen LogP contribution >= 0.6 is 23.1 Å². The minimum atomic E-state index is -1.16. The average molecular weight is 626 g/mol. The summed E-state index contributed by atoms with van der Waals surface area (Å²) in [4.78, 5) is 69.0. The number of aliphatic hydroxyl groups excluding tert-OH is 1. The number of anilines is 1. The molecular formula is C26H35N5O9S2. The summed E-state index contributed by atoms with van der Waals surface area (Å²) in [6.45, 7) is 10.8. The molecule has 3 amide bonds. The van der Waals surface area contributed by atoms with Crippen LogP contribution in [0, 0.1) is 17.8 Å². The average Bonchev–Trinajstić information content (AvgIpc) is 3.41. The van der Waals surface area contributed by atoms with E-state index in [-0.39, 0.29) is 40.4 Å². The summed E-state index contributed by atoms with van der Waals surface area (Å²) in [5, 5.41) is 27.4. The van der Waals surface area contributed by atoms with E-state index in [1.807, 2.05) is 11.8 Å². The molecule has 0 saturated carbocycles. The summed E-state index contributed by atoms with van der Waals surface area (Å²) in [5.74, 6) is -3.61. The molecule has 0 bridgehead atoms. The van der Waals surface area contributed by atoms with E-state index in [2.05, 4.69) is 15.6 Å². The summed E-state index contributed by atoms with van der Waals surface area (Å²) in [7, 11) is 0. The fraction of sp³-hybridized carbons (Fsp3) is 0.615. The van der Waals surface area contributed by atoms with Crippen LogP contribution in [0.3, 0.4) is 0 Å². The maximum Gasteiger partial charge on any atom is 0.411 e. The first-order valence-corrected chi connectivity index (χ1v) is 15.3. The molecule has 42 heavy (non-hydrogen) atoms. The molecule has 1 unspecified atom stereocenters. The Morgan fingerprint density at radius 2 is 1.81 bits per heavy atom. The van der Waals surface area contributed by atoms with Gasteiger partial charge in [-0.15, -0.1) is 23.1 Å². The Bertz CT molecular complexity index is 1290. The summed E-state index contributed by atoms with van der Waals surface area (Å²) < 4.78 is 9.75. The van der Waals surface area contributed by atoms with Crippen LogP contribution in [-0.2, 0) is 23.9 Å². The molecular weight excluding hydrogens is 590 g/mol. The van der Waals surface area contributed by atoms with E-state index >= 15 is 0 Å². The highest BCUT2D eigenvalue weighted by molar-refractivity contribution is 8.03. The van der Waals surface area contributed by atoms with Crippen molar-refractivity contribution in [2.24, 2.45) is 17.8 Å². The number of ether oxygens (including phenoxy) is 2. The number of carboxylic acid groups (broad SMARTS) is 1. The van der Waals surface area contributed by atoms with E-state index in [0.29, 0.717) is 23.1 Å². The quantitative estimate of drug-likeness (QED) is 0.158. The van der Waals surface area contributed by atoms with Crippen molar-refractivity contribution >= 4 is 58.1 Å². The Labute approximate surface area is 250 Å². The first kappa shape index (κ1) is 31.6. The van der Waals surface area contributed by atoms with Crippen LogP contribution in [0.4, 0.5) is 9.93 Å². The molecule has 230 valence electrons. The lowest BCUT2D eigenvalue weighted by Gasteiger charge is -2.46. The SMILES string of the molecule is CC(=O)OC(C)OC(=O)N[C@@H](NC(=O)c1csc(N2CC(SC3=C(C(=O)O)N4C(=O)[C@H]([C@@H](C)O)[C@H]4[C@H]3C)C2)n1)C(C)C. The topological polar surface area (TPSA) is 188 Å². The van der Waals surface area contributed by atoms with Gasteiger partial charge in [-0.2, -0.15) is 0 Å². The molecule has 3 aliphatic rings. The Morgan fingerprint density at radius 3 is 2.38 bits per heavy atom. The van der Waals surface area contributed by atoms with Gasteiger partial charge in [0.15, 0.2) is 5.13 Å². The zero-order valence-electron chi connectivity index (χ0n) is 24.0. The van der Waals surface area contributed by atoms with E-state index < -0.39 is 48.4 Å². The highest BCUT2D eigenvalue weighted by Gasteiger charge is 2.60. The number of carbonyl (C=O) groups is 5. The van der Waals surface area contributed by atoms with Crippen LogP contribution in [-0.4, -0.2) is 92.9 Å². The molecule has 4 N–H and O–H groups in total. The minimum Gasteiger partial charge on any atom is -0.477 e. The normalized spacial score (nSPS) is 23.9. The molecule has 0 aromatic carbocycles. The molecule has 0 spiro atoms. The fourth-order valence-electron chi connectivity index (χ4n) is 5.20. The molecule has 14 nitrogen and oxygen atoms in total. The van der Waals surface area contributed by atoms with Crippen LogP contribution in [0.2, 0.25) is 0 Å². The number of aliphatic hydroxyl groups is 1. The number of nitrogens with one attached hydrogen (secondary N) is 2. The Morgan fingerprint density at radius 1 is 1.14 bits per heavy atom.